The van der Waals surface area contributed by atoms with Crippen LogP contribution in [0.3, 0.4) is 0 Å². The third kappa shape index (κ3) is 4.47. The fraction of sp³-hybridized carbons (Fsp3) is 0.480. The van der Waals surface area contributed by atoms with Gasteiger partial charge in [0.05, 0.1) is 5.69 Å². The van der Waals surface area contributed by atoms with Gasteiger partial charge in [-0.2, -0.15) is 14.6 Å². The third-order valence-corrected chi connectivity index (χ3v) is 6.94. The van der Waals surface area contributed by atoms with Gasteiger partial charge in [-0.15, -0.1) is 0 Å². The van der Waals surface area contributed by atoms with E-state index in [2.05, 4.69) is 30.6 Å². The Balaban J connectivity index is 1.26. The standard InChI is InChI=1S/C25H31N7O2/c1-16-6-3-4-7-18(16)14-22(28-17(2)33)23(34)29-19-10-12-31(13-11-19)24-20-8-5-9-21(20)30-25-26-15-27-32(24)25/h3-4,6-7,15,19,22H,5,8-14H2,1-2H3,(H,28,33)(H,29,34)/t22-/m0/s1. The Hall–Kier alpha value is -3.49. The molecule has 1 saturated heterocycles. The van der Waals surface area contributed by atoms with Crippen molar-refractivity contribution >= 4 is 23.4 Å². The van der Waals surface area contributed by atoms with Gasteiger partial charge in [0, 0.05) is 38.0 Å². The summed E-state index contributed by atoms with van der Waals surface area (Å²) in [4.78, 5) is 36.3. The highest BCUT2D eigenvalue weighted by Gasteiger charge is 2.30. The second kappa shape index (κ2) is 9.40. The molecule has 0 spiro atoms. The summed E-state index contributed by atoms with van der Waals surface area (Å²) in [5.74, 6) is 1.43. The predicted molar refractivity (Wildman–Crippen MR) is 129 cm³/mol. The van der Waals surface area contributed by atoms with E-state index >= 15 is 0 Å². The second-order valence-corrected chi connectivity index (χ2v) is 9.34. The summed E-state index contributed by atoms with van der Waals surface area (Å²) in [7, 11) is 0. The number of carbonyl (C=O) groups is 2. The van der Waals surface area contributed by atoms with Crippen LogP contribution in [0.2, 0.25) is 0 Å². The molecule has 5 rings (SSSR count). The van der Waals surface area contributed by atoms with Gasteiger partial charge in [-0.25, -0.2) is 4.98 Å². The number of hydrogen-bond donors (Lipinski definition) is 2. The number of carbonyl (C=O) groups excluding carboxylic acids is 2. The van der Waals surface area contributed by atoms with Gasteiger partial charge in [0.1, 0.15) is 18.2 Å². The van der Waals surface area contributed by atoms with Crippen LogP contribution in [0.15, 0.2) is 30.6 Å². The van der Waals surface area contributed by atoms with Crippen molar-refractivity contribution in [1.29, 1.82) is 0 Å². The van der Waals surface area contributed by atoms with E-state index in [4.69, 9.17) is 0 Å². The molecular formula is C25H31N7O2. The molecule has 1 fully saturated rings. The number of nitrogens with zero attached hydrogens (tertiary/aromatic N) is 5. The van der Waals surface area contributed by atoms with E-state index in [0.717, 1.165) is 67.8 Å². The SMILES string of the molecule is CC(=O)N[C@@H](Cc1ccccc1C)C(=O)NC1CCN(c2c3c(nc4ncnn24)CCC3)CC1. The molecule has 1 aromatic carbocycles. The normalized spacial score (nSPS) is 16.9. The van der Waals surface area contributed by atoms with Crippen molar-refractivity contribution in [1.82, 2.24) is 30.2 Å². The predicted octanol–water partition coefficient (Wildman–Crippen LogP) is 1.75. The molecule has 3 aromatic rings. The first-order valence-electron chi connectivity index (χ1n) is 12.1. The van der Waals surface area contributed by atoms with Crippen molar-refractivity contribution < 1.29 is 9.59 Å². The molecule has 0 saturated carbocycles. The summed E-state index contributed by atoms with van der Waals surface area (Å²) < 4.78 is 1.86. The highest BCUT2D eigenvalue weighted by atomic mass is 16.2. The van der Waals surface area contributed by atoms with Crippen molar-refractivity contribution in [3.63, 3.8) is 0 Å². The summed E-state index contributed by atoms with van der Waals surface area (Å²) in [6, 6.07) is 7.45. The Morgan fingerprint density at radius 2 is 1.97 bits per heavy atom. The first-order valence-corrected chi connectivity index (χ1v) is 12.1. The number of aryl methyl sites for hydroxylation is 2. The number of fused-ring (bicyclic) bond motifs is 2. The lowest BCUT2D eigenvalue weighted by atomic mass is 9.99. The number of piperidine rings is 1. The van der Waals surface area contributed by atoms with Crippen LogP contribution in [0.5, 0.6) is 0 Å². The van der Waals surface area contributed by atoms with Gasteiger partial charge in [-0.05, 0) is 50.2 Å². The molecule has 0 bridgehead atoms. The monoisotopic (exact) mass is 461 g/mol. The van der Waals surface area contributed by atoms with E-state index in [0.29, 0.717) is 12.2 Å². The van der Waals surface area contributed by atoms with Gasteiger partial charge in [0.2, 0.25) is 11.8 Å². The van der Waals surface area contributed by atoms with Crippen molar-refractivity contribution in [2.45, 2.75) is 64.5 Å². The van der Waals surface area contributed by atoms with Crippen molar-refractivity contribution in [3.05, 3.63) is 53.0 Å². The van der Waals surface area contributed by atoms with Gasteiger partial charge >= 0.3 is 0 Å². The molecule has 2 N–H and O–H groups in total. The van der Waals surface area contributed by atoms with Crippen LogP contribution in [0.25, 0.3) is 5.78 Å². The largest absolute Gasteiger partial charge is 0.356 e. The van der Waals surface area contributed by atoms with Crippen molar-refractivity contribution in [2.24, 2.45) is 0 Å². The average Bonchev–Trinajstić information content (AvgIpc) is 3.48. The summed E-state index contributed by atoms with van der Waals surface area (Å²) in [5, 5.41) is 10.5. The molecule has 2 aromatic heterocycles. The molecule has 3 heterocycles. The Morgan fingerprint density at radius 3 is 2.74 bits per heavy atom. The smallest absolute Gasteiger partial charge is 0.254 e. The van der Waals surface area contributed by atoms with Crippen LogP contribution in [-0.4, -0.2) is 56.6 Å². The lowest BCUT2D eigenvalue weighted by Gasteiger charge is -2.35. The highest BCUT2D eigenvalue weighted by molar-refractivity contribution is 5.87. The van der Waals surface area contributed by atoms with Crippen LogP contribution in [-0.2, 0) is 28.9 Å². The number of anilines is 1. The molecule has 178 valence electrons. The van der Waals surface area contributed by atoms with Crippen LogP contribution < -0.4 is 15.5 Å². The minimum atomic E-state index is -0.588. The molecule has 34 heavy (non-hydrogen) atoms. The molecule has 2 amide bonds. The molecule has 1 aliphatic heterocycles. The Morgan fingerprint density at radius 1 is 1.18 bits per heavy atom. The minimum absolute atomic E-state index is 0.0676. The second-order valence-electron chi connectivity index (χ2n) is 9.34. The Bertz CT molecular complexity index is 1210. The van der Waals surface area contributed by atoms with Gasteiger partial charge in [0.15, 0.2) is 0 Å². The van der Waals surface area contributed by atoms with E-state index in [1.807, 2.05) is 35.7 Å². The summed E-state index contributed by atoms with van der Waals surface area (Å²) in [6.07, 6.45) is 6.81. The van der Waals surface area contributed by atoms with Gasteiger partial charge in [0.25, 0.3) is 5.78 Å². The Labute approximate surface area is 199 Å². The van der Waals surface area contributed by atoms with Gasteiger partial charge in [-0.1, -0.05) is 24.3 Å². The number of benzene rings is 1. The molecule has 1 atom stereocenters. The highest BCUT2D eigenvalue weighted by Crippen LogP contribution is 2.32. The van der Waals surface area contributed by atoms with E-state index in [1.54, 1.807) is 6.33 Å². The first-order chi connectivity index (χ1) is 16.5. The maximum Gasteiger partial charge on any atom is 0.254 e. The van der Waals surface area contributed by atoms with E-state index < -0.39 is 6.04 Å². The lowest BCUT2D eigenvalue weighted by Crippen LogP contribution is -2.52. The van der Waals surface area contributed by atoms with E-state index in [9.17, 15) is 9.59 Å². The molecule has 2 aliphatic rings. The summed E-state index contributed by atoms with van der Waals surface area (Å²) in [6.45, 7) is 5.11. The van der Waals surface area contributed by atoms with Gasteiger partial charge < -0.3 is 15.5 Å². The van der Waals surface area contributed by atoms with E-state index in [-0.39, 0.29) is 17.9 Å². The summed E-state index contributed by atoms with van der Waals surface area (Å²) in [5.41, 5.74) is 4.60. The summed E-state index contributed by atoms with van der Waals surface area (Å²) >= 11 is 0. The minimum Gasteiger partial charge on any atom is -0.356 e. The zero-order chi connectivity index (χ0) is 23.7. The van der Waals surface area contributed by atoms with Crippen molar-refractivity contribution in [3.8, 4) is 0 Å². The fourth-order valence-corrected chi connectivity index (χ4v) is 5.18. The van der Waals surface area contributed by atoms with Crippen LogP contribution in [0.4, 0.5) is 5.82 Å². The van der Waals surface area contributed by atoms with E-state index in [1.165, 1.54) is 12.5 Å². The first kappa shape index (κ1) is 22.3. The molecule has 9 heteroatoms. The number of rotatable bonds is 6. The van der Waals surface area contributed by atoms with Crippen LogP contribution >= 0.6 is 0 Å². The van der Waals surface area contributed by atoms with Crippen LogP contribution in [0, 0.1) is 6.92 Å². The average molecular weight is 462 g/mol. The molecule has 1 aliphatic carbocycles. The number of hydrogen-bond acceptors (Lipinski definition) is 6. The molecule has 9 nitrogen and oxygen atoms in total. The fourth-order valence-electron chi connectivity index (χ4n) is 5.18. The molecule has 0 unspecified atom stereocenters. The van der Waals surface area contributed by atoms with Gasteiger partial charge in [-0.3, -0.25) is 9.59 Å². The number of amides is 2. The molecular weight excluding hydrogens is 430 g/mol. The zero-order valence-corrected chi connectivity index (χ0v) is 19.8. The van der Waals surface area contributed by atoms with Crippen LogP contribution in [0.1, 0.15) is 48.6 Å². The lowest BCUT2D eigenvalue weighted by molar-refractivity contribution is -0.128. The number of nitrogens with one attached hydrogen (secondary N) is 2. The third-order valence-electron chi connectivity index (χ3n) is 6.94. The molecule has 0 radical (unpaired) electrons. The zero-order valence-electron chi connectivity index (χ0n) is 19.8. The maximum atomic E-state index is 13.1. The number of aromatic nitrogens is 4. The maximum absolute atomic E-state index is 13.1. The van der Waals surface area contributed by atoms with Crippen molar-refractivity contribution in [2.75, 3.05) is 18.0 Å². The topological polar surface area (TPSA) is 105 Å². The Kier molecular flexibility index (Phi) is 6.17. The quantitative estimate of drug-likeness (QED) is 0.580.